The van der Waals surface area contributed by atoms with E-state index in [0.29, 0.717) is 18.1 Å². The molecule has 0 fully saturated rings. The molecule has 0 saturated heterocycles. The normalized spacial score (nSPS) is 10.1. The van der Waals surface area contributed by atoms with E-state index in [0.717, 1.165) is 12.2 Å². The summed E-state index contributed by atoms with van der Waals surface area (Å²) in [5.41, 5.74) is 2.86. The first kappa shape index (κ1) is 12.4. The lowest BCUT2D eigenvalue weighted by molar-refractivity contribution is 0.0945. The van der Waals surface area contributed by atoms with Crippen LogP contribution in [0.2, 0.25) is 0 Å². The summed E-state index contributed by atoms with van der Waals surface area (Å²) >= 11 is 1.50. The van der Waals surface area contributed by atoms with Crippen molar-refractivity contribution in [1.82, 2.24) is 20.3 Å². The van der Waals surface area contributed by atoms with Gasteiger partial charge in [0.2, 0.25) is 0 Å². The summed E-state index contributed by atoms with van der Waals surface area (Å²) < 4.78 is 0. The van der Waals surface area contributed by atoms with Crippen molar-refractivity contribution in [2.24, 2.45) is 0 Å². The van der Waals surface area contributed by atoms with Gasteiger partial charge in [0.1, 0.15) is 11.5 Å². The van der Waals surface area contributed by atoms with E-state index >= 15 is 0 Å². The van der Waals surface area contributed by atoms with Crippen LogP contribution < -0.4 is 10.6 Å². The minimum atomic E-state index is -0.254. The van der Waals surface area contributed by atoms with E-state index in [1.165, 1.54) is 17.5 Å². The number of anilines is 1. The summed E-state index contributed by atoms with van der Waals surface area (Å²) in [6.45, 7) is 3.09. The second kappa shape index (κ2) is 6.06. The Balaban J connectivity index is 1.97. The molecule has 0 spiro atoms. The minimum absolute atomic E-state index is 0.254. The molecule has 2 N–H and O–H groups in total. The molecule has 0 atom stereocenters. The first-order chi connectivity index (χ1) is 8.79. The zero-order valence-corrected chi connectivity index (χ0v) is 10.7. The van der Waals surface area contributed by atoms with Crippen molar-refractivity contribution in [3.8, 4) is 0 Å². The summed E-state index contributed by atoms with van der Waals surface area (Å²) in [6.07, 6.45) is 3.03. The maximum atomic E-state index is 11.8. The Hall–Kier alpha value is -2.02. The van der Waals surface area contributed by atoms with Gasteiger partial charge in [0.05, 0.1) is 30.1 Å². The number of amides is 1. The van der Waals surface area contributed by atoms with Crippen LogP contribution in [0.3, 0.4) is 0 Å². The van der Waals surface area contributed by atoms with E-state index in [1.807, 2.05) is 12.3 Å². The first-order valence-corrected chi connectivity index (χ1v) is 6.45. The molecule has 6 nitrogen and oxygen atoms in total. The average Bonchev–Trinajstić information content (AvgIpc) is 2.90. The Morgan fingerprint density at radius 2 is 2.33 bits per heavy atom. The monoisotopic (exact) mass is 263 g/mol. The van der Waals surface area contributed by atoms with Crippen molar-refractivity contribution in [3.63, 3.8) is 0 Å². The highest BCUT2D eigenvalue weighted by Crippen LogP contribution is 2.03. The van der Waals surface area contributed by atoms with Gasteiger partial charge in [-0.3, -0.25) is 9.78 Å². The van der Waals surface area contributed by atoms with Gasteiger partial charge in [-0.2, -0.15) is 0 Å². The number of nitrogens with one attached hydrogen (secondary N) is 2. The summed E-state index contributed by atoms with van der Waals surface area (Å²) in [6, 6.07) is 0. The van der Waals surface area contributed by atoms with Gasteiger partial charge in [0.25, 0.3) is 5.91 Å². The number of aromatic nitrogens is 3. The molecule has 0 aliphatic carbocycles. The molecule has 1 amide bonds. The zero-order valence-electron chi connectivity index (χ0n) is 9.88. The highest BCUT2D eigenvalue weighted by atomic mass is 32.1. The highest BCUT2D eigenvalue weighted by Gasteiger charge is 2.08. The van der Waals surface area contributed by atoms with E-state index < -0.39 is 0 Å². The van der Waals surface area contributed by atoms with Crippen LogP contribution in [0.1, 0.15) is 23.1 Å². The van der Waals surface area contributed by atoms with Gasteiger partial charge < -0.3 is 10.6 Å². The predicted molar refractivity (Wildman–Crippen MR) is 69.5 cm³/mol. The molecule has 2 rings (SSSR count). The Labute approximate surface area is 109 Å². The van der Waals surface area contributed by atoms with Crippen LogP contribution in [0, 0.1) is 0 Å². The van der Waals surface area contributed by atoms with Crippen molar-refractivity contribution in [2.45, 2.75) is 13.5 Å². The molecule has 2 aromatic rings. The Kier molecular flexibility index (Phi) is 4.19. The molecule has 0 aromatic carbocycles. The third kappa shape index (κ3) is 3.24. The van der Waals surface area contributed by atoms with E-state index in [1.54, 1.807) is 11.7 Å². The third-order valence-electron chi connectivity index (χ3n) is 2.14. The number of carbonyl (C=O) groups is 1. The summed E-state index contributed by atoms with van der Waals surface area (Å²) in [7, 11) is 0. The molecular formula is C11H13N5OS. The summed E-state index contributed by atoms with van der Waals surface area (Å²) in [5, 5.41) is 7.64. The van der Waals surface area contributed by atoms with Gasteiger partial charge in [0.15, 0.2) is 0 Å². The third-order valence-corrected chi connectivity index (χ3v) is 2.77. The van der Waals surface area contributed by atoms with Crippen molar-refractivity contribution < 1.29 is 4.79 Å². The lowest BCUT2D eigenvalue weighted by Crippen LogP contribution is -2.24. The van der Waals surface area contributed by atoms with Gasteiger partial charge in [-0.05, 0) is 6.92 Å². The van der Waals surface area contributed by atoms with Gasteiger partial charge in [-0.25, -0.2) is 9.97 Å². The van der Waals surface area contributed by atoms with Crippen LogP contribution in [0.4, 0.5) is 5.82 Å². The predicted octanol–water partition coefficient (Wildman–Crippen LogP) is 1.29. The van der Waals surface area contributed by atoms with E-state index in [9.17, 15) is 4.79 Å². The zero-order chi connectivity index (χ0) is 12.8. The molecule has 2 heterocycles. The number of thiazole rings is 1. The number of carbonyl (C=O) groups excluding carboxylic acids is 1. The molecule has 0 radical (unpaired) electrons. The Morgan fingerprint density at radius 3 is 3.06 bits per heavy atom. The Morgan fingerprint density at radius 1 is 1.44 bits per heavy atom. The van der Waals surface area contributed by atoms with E-state index in [4.69, 9.17) is 0 Å². The fourth-order valence-electron chi connectivity index (χ4n) is 1.33. The number of hydrogen-bond donors (Lipinski definition) is 2. The number of hydrogen-bond acceptors (Lipinski definition) is 6. The maximum absolute atomic E-state index is 11.8. The van der Waals surface area contributed by atoms with Crippen LogP contribution >= 0.6 is 11.3 Å². The fourth-order valence-corrected chi connectivity index (χ4v) is 1.89. The highest BCUT2D eigenvalue weighted by molar-refractivity contribution is 7.07. The molecule has 0 aliphatic rings. The van der Waals surface area contributed by atoms with Gasteiger partial charge >= 0.3 is 0 Å². The first-order valence-electron chi connectivity index (χ1n) is 5.50. The molecule has 0 aliphatic heterocycles. The molecule has 7 heteroatoms. The van der Waals surface area contributed by atoms with Gasteiger partial charge in [-0.1, -0.05) is 0 Å². The van der Waals surface area contributed by atoms with Crippen LogP contribution in [-0.4, -0.2) is 27.4 Å². The summed E-state index contributed by atoms with van der Waals surface area (Å²) in [4.78, 5) is 24.0. The van der Waals surface area contributed by atoms with E-state index in [-0.39, 0.29) is 5.91 Å². The Bertz CT molecular complexity index is 514. The van der Waals surface area contributed by atoms with Crippen molar-refractivity contribution in [3.05, 3.63) is 34.7 Å². The van der Waals surface area contributed by atoms with Gasteiger partial charge in [0, 0.05) is 11.9 Å². The van der Waals surface area contributed by atoms with Crippen LogP contribution in [0.25, 0.3) is 0 Å². The quantitative estimate of drug-likeness (QED) is 0.849. The average molecular weight is 263 g/mol. The van der Waals surface area contributed by atoms with Crippen LogP contribution in [0.5, 0.6) is 0 Å². The molecular weight excluding hydrogens is 250 g/mol. The second-order valence-corrected chi connectivity index (χ2v) is 4.20. The van der Waals surface area contributed by atoms with Crippen LogP contribution in [0.15, 0.2) is 23.3 Å². The van der Waals surface area contributed by atoms with Gasteiger partial charge in [-0.15, -0.1) is 11.3 Å². The SMILES string of the molecule is CCNc1cncc(C(=O)NCc2cscn2)n1. The van der Waals surface area contributed by atoms with Crippen molar-refractivity contribution >= 4 is 23.1 Å². The largest absolute Gasteiger partial charge is 0.369 e. The molecule has 2 aromatic heterocycles. The molecule has 0 bridgehead atoms. The standard InChI is InChI=1S/C11H13N5OS/c1-2-13-10-5-12-4-9(16-10)11(17)14-3-8-6-18-7-15-8/h4-7H,2-3H2,1H3,(H,13,16)(H,14,17). The summed E-state index contributed by atoms with van der Waals surface area (Å²) in [5.74, 6) is 0.342. The minimum Gasteiger partial charge on any atom is -0.369 e. The smallest absolute Gasteiger partial charge is 0.271 e. The number of rotatable bonds is 5. The second-order valence-electron chi connectivity index (χ2n) is 3.48. The molecule has 18 heavy (non-hydrogen) atoms. The van der Waals surface area contributed by atoms with Crippen molar-refractivity contribution in [2.75, 3.05) is 11.9 Å². The number of nitrogens with zero attached hydrogens (tertiary/aromatic N) is 3. The molecule has 0 unspecified atom stereocenters. The molecule has 0 saturated carbocycles. The topological polar surface area (TPSA) is 79.8 Å². The van der Waals surface area contributed by atoms with Crippen molar-refractivity contribution in [1.29, 1.82) is 0 Å². The lowest BCUT2D eigenvalue weighted by atomic mass is 10.4. The molecule has 94 valence electrons. The lowest BCUT2D eigenvalue weighted by Gasteiger charge is -2.05. The van der Waals surface area contributed by atoms with Crippen LogP contribution in [-0.2, 0) is 6.54 Å². The van der Waals surface area contributed by atoms with E-state index in [2.05, 4.69) is 25.6 Å². The fraction of sp³-hybridized carbons (Fsp3) is 0.273. The maximum Gasteiger partial charge on any atom is 0.271 e.